The SMILES string of the molecule is O=C(O)C(F)(F)F.O=C(O)C(F)(F)F.c1csc(CN2CCCn3cnc(CN4CCCC4)c3C2)c1. The first-order valence-electron chi connectivity index (χ1n) is 10.9. The van der Waals surface area contributed by atoms with Crippen molar-refractivity contribution in [3.05, 3.63) is 40.1 Å². The zero-order valence-corrected chi connectivity index (χ0v) is 19.9. The Morgan fingerprint density at radius 2 is 1.44 bits per heavy atom. The number of hydrogen-bond donors (Lipinski definition) is 2. The topological polar surface area (TPSA) is 98.9 Å². The second kappa shape index (κ2) is 13.1. The van der Waals surface area contributed by atoms with Crippen LogP contribution in [0, 0.1) is 0 Å². The fourth-order valence-electron chi connectivity index (χ4n) is 3.62. The fourth-order valence-corrected chi connectivity index (χ4v) is 4.37. The molecule has 4 rings (SSSR count). The molecule has 0 bridgehead atoms. The number of imidazole rings is 1. The predicted octanol–water partition coefficient (Wildman–Crippen LogP) is 4.21. The van der Waals surface area contributed by atoms with Gasteiger partial charge in [0.05, 0.1) is 17.7 Å². The van der Waals surface area contributed by atoms with Crippen LogP contribution in [0.2, 0.25) is 0 Å². The van der Waals surface area contributed by atoms with Gasteiger partial charge in [-0.1, -0.05) is 6.07 Å². The summed E-state index contributed by atoms with van der Waals surface area (Å²) in [6.07, 6.45) is -4.19. The third-order valence-electron chi connectivity index (χ3n) is 5.30. The van der Waals surface area contributed by atoms with Crippen LogP contribution in [0.25, 0.3) is 0 Å². The van der Waals surface area contributed by atoms with Crippen molar-refractivity contribution < 1.29 is 46.1 Å². The number of aliphatic carboxylic acids is 2. The summed E-state index contributed by atoms with van der Waals surface area (Å²) in [5.41, 5.74) is 2.75. The number of thiophene rings is 1. The minimum absolute atomic E-state index is 1.04. The summed E-state index contributed by atoms with van der Waals surface area (Å²) in [5, 5.41) is 16.4. The Hall–Kier alpha value is -2.65. The van der Waals surface area contributed by atoms with E-state index in [2.05, 4.69) is 38.2 Å². The number of aryl methyl sites for hydroxylation is 1. The van der Waals surface area contributed by atoms with Gasteiger partial charge in [-0.05, 0) is 43.8 Å². The summed E-state index contributed by atoms with van der Waals surface area (Å²) < 4.78 is 65.9. The number of carbonyl (C=O) groups is 2. The molecule has 2 aliphatic heterocycles. The van der Waals surface area contributed by atoms with Gasteiger partial charge in [0, 0.05) is 37.6 Å². The second-order valence-electron chi connectivity index (χ2n) is 8.06. The average molecular weight is 545 g/mol. The summed E-state index contributed by atoms with van der Waals surface area (Å²) >= 11 is 1.86. The van der Waals surface area contributed by atoms with E-state index in [0.29, 0.717) is 0 Å². The van der Waals surface area contributed by atoms with Crippen molar-refractivity contribution in [2.45, 2.75) is 57.8 Å². The Balaban J connectivity index is 0.000000271. The highest BCUT2D eigenvalue weighted by Gasteiger charge is 2.38. The molecule has 202 valence electrons. The van der Waals surface area contributed by atoms with Crippen LogP contribution in [0.5, 0.6) is 0 Å². The van der Waals surface area contributed by atoms with Gasteiger partial charge in [0.1, 0.15) is 0 Å². The van der Waals surface area contributed by atoms with Gasteiger partial charge in [-0.15, -0.1) is 11.3 Å². The number of likely N-dealkylation sites (tertiary alicyclic amines) is 1. The number of fused-ring (bicyclic) bond motifs is 1. The number of halogens is 6. The molecule has 2 aromatic rings. The lowest BCUT2D eigenvalue weighted by atomic mass is 10.2. The van der Waals surface area contributed by atoms with Crippen molar-refractivity contribution in [2.75, 3.05) is 19.6 Å². The minimum Gasteiger partial charge on any atom is -0.475 e. The van der Waals surface area contributed by atoms with Crippen LogP contribution in [0.1, 0.15) is 35.5 Å². The van der Waals surface area contributed by atoms with Crippen LogP contribution in [-0.4, -0.2) is 73.5 Å². The first-order valence-corrected chi connectivity index (χ1v) is 11.8. The highest BCUT2D eigenvalue weighted by Crippen LogP contribution is 2.22. The van der Waals surface area contributed by atoms with Gasteiger partial charge in [0.15, 0.2) is 0 Å². The molecule has 4 heterocycles. The summed E-state index contributed by atoms with van der Waals surface area (Å²) in [6, 6.07) is 4.40. The van der Waals surface area contributed by atoms with Gasteiger partial charge in [0.2, 0.25) is 0 Å². The average Bonchev–Trinajstić information content (AvgIpc) is 3.51. The molecule has 2 aliphatic rings. The Labute approximate surface area is 206 Å². The van der Waals surface area contributed by atoms with Crippen LogP contribution in [0.4, 0.5) is 26.3 Å². The molecule has 2 aromatic heterocycles. The Morgan fingerprint density at radius 3 is 1.94 bits per heavy atom. The highest BCUT2D eigenvalue weighted by molar-refractivity contribution is 7.09. The molecule has 15 heteroatoms. The maximum atomic E-state index is 10.6. The molecular weight excluding hydrogens is 518 g/mol. The van der Waals surface area contributed by atoms with Crippen molar-refractivity contribution in [3.8, 4) is 0 Å². The van der Waals surface area contributed by atoms with Crippen LogP contribution in [0.3, 0.4) is 0 Å². The van der Waals surface area contributed by atoms with Crippen molar-refractivity contribution in [2.24, 2.45) is 0 Å². The third kappa shape index (κ3) is 9.78. The predicted molar refractivity (Wildman–Crippen MR) is 117 cm³/mol. The number of rotatable bonds is 4. The molecule has 0 atom stereocenters. The molecule has 0 saturated carbocycles. The van der Waals surface area contributed by atoms with Crippen LogP contribution in [-0.2, 0) is 35.8 Å². The zero-order valence-electron chi connectivity index (χ0n) is 19.1. The van der Waals surface area contributed by atoms with Crippen LogP contribution in [0.15, 0.2) is 23.8 Å². The maximum absolute atomic E-state index is 10.6. The van der Waals surface area contributed by atoms with E-state index in [-0.39, 0.29) is 0 Å². The van der Waals surface area contributed by atoms with E-state index in [4.69, 9.17) is 24.8 Å². The van der Waals surface area contributed by atoms with Gasteiger partial charge in [0.25, 0.3) is 0 Å². The number of aromatic nitrogens is 2. The van der Waals surface area contributed by atoms with Crippen LogP contribution < -0.4 is 0 Å². The number of carboxylic acids is 2. The summed E-state index contributed by atoms with van der Waals surface area (Å²) in [7, 11) is 0. The van der Waals surface area contributed by atoms with Gasteiger partial charge in [-0.3, -0.25) is 9.80 Å². The lowest BCUT2D eigenvalue weighted by Gasteiger charge is -2.20. The molecular formula is C21H26F6N4O4S. The number of hydrogen-bond acceptors (Lipinski definition) is 6. The number of carboxylic acid groups (broad SMARTS) is 2. The molecule has 36 heavy (non-hydrogen) atoms. The monoisotopic (exact) mass is 544 g/mol. The normalized spacial score (nSPS) is 16.7. The minimum atomic E-state index is -5.08. The first-order chi connectivity index (χ1) is 16.8. The largest absolute Gasteiger partial charge is 0.490 e. The van der Waals surface area contributed by atoms with Gasteiger partial charge in [-0.2, -0.15) is 26.3 Å². The molecule has 0 aromatic carbocycles. The van der Waals surface area contributed by atoms with E-state index >= 15 is 0 Å². The maximum Gasteiger partial charge on any atom is 0.490 e. The Morgan fingerprint density at radius 1 is 0.889 bits per heavy atom. The molecule has 1 saturated heterocycles. The van der Waals surface area contributed by atoms with E-state index in [1.807, 2.05) is 11.3 Å². The Kier molecular flexibility index (Phi) is 10.7. The molecule has 0 unspecified atom stereocenters. The van der Waals surface area contributed by atoms with Gasteiger partial charge in [-0.25, -0.2) is 14.6 Å². The van der Waals surface area contributed by atoms with Crippen molar-refractivity contribution in [3.63, 3.8) is 0 Å². The zero-order chi connectivity index (χ0) is 26.9. The Bertz CT molecular complexity index is 948. The quantitative estimate of drug-likeness (QED) is 0.557. The first kappa shape index (κ1) is 29.6. The molecule has 0 aliphatic carbocycles. The highest BCUT2D eigenvalue weighted by atomic mass is 32.1. The molecule has 2 N–H and O–H groups in total. The lowest BCUT2D eigenvalue weighted by molar-refractivity contribution is -0.193. The van der Waals surface area contributed by atoms with E-state index in [1.54, 1.807) is 0 Å². The summed E-state index contributed by atoms with van der Waals surface area (Å²) in [4.78, 5) is 29.1. The molecule has 0 spiro atoms. The smallest absolute Gasteiger partial charge is 0.475 e. The number of alkyl halides is 6. The van der Waals surface area contributed by atoms with Crippen molar-refractivity contribution >= 4 is 23.3 Å². The van der Waals surface area contributed by atoms with Crippen molar-refractivity contribution in [1.82, 2.24) is 19.4 Å². The summed E-state index contributed by atoms with van der Waals surface area (Å²) in [6.45, 7) is 7.94. The fraction of sp³-hybridized carbons (Fsp3) is 0.571. The van der Waals surface area contributed by atoms with E-state index < -0.39 is 24.3 Å². The van der Waals surface area contributed by atoms with Crippen molar-refractivity contribution in [1.29, 1.82) is 0 Å². The van der Waals surface area contributed by atoms with E-state index in [1.165, 1.54) is 55.2 Å². The standard InChI is InChI=1S/C17H24N4S.2C2HF3O2/c1-2-7-19(6-1)12-16-17-13-20(11-15-5-3-10-22-15)8-4-9-21(17)14-18-16;2*3-2(4,5)1(6)7/h3,5,10,14H,1-2,4,6-9,11-13H2;2*(H,6,7). The summed E-state index contributed by atoms with van der Waals surface area (Å²) in [5.74, 6) is -5.51. The van der Waals surface area contributed by atoms with Gasteiger partial charge < -0.3 is 14.8 Å². The van der Waals surface area contributed by atoms with E-state index in [0.717, 1.165) is 26.2 Å². The molecule has 8 nitrogen and oxygen atoms in total. The number of nitrogens with zero attached hydrogens (tertiary/aromatic N) is 4. The van der Waals surface area contributed by atoms with Gasteiger partial charge >= 0.3 is 24.3 Å². The third-order valence-corrected chi connectivity index (χ3v) is 6.16. The second-order valence-corrected chi connectivity index (χ2v) is 9.10. The molecule has 1 fully saturated rings. The molecule has 0 radical (unpaired) electrons. The van der Waals surface area contributed by atoms with E-state index in [9.17, 15) is 26.3 Å². The van der Waals surface area contributed by atoms with Crippen LogP contribution >= 0.6 is 11.3 Å². The molecule has 0 amide bonds. The lowest BCUT2D eigenvalue weighted by Crippen LogP contribution is -2.24.